The Morgan fingerprint density at radius 2 is 1.96 bits per heavy atom. The molecule has 5 heteroatoms. The van der Waals surface area contributed by atoms with Crippen LogP contribution in [0.15, 0.2) is 49.1 Å². The first-order valence-corrected chi connectivity index (χ1v) is 8.48. The molecular formula is C21H19N4O. The Kier molecular flexibility index (Phi) is 4.35. The van der Waals surface area contributed by atoms with Gasteiger partial charge in [0.1, 0.15) is 5.65 Å². The summed E-state index contributed by atoms with van der Waals surface area (Å²) in [6, 6.07) is 8.20. The van der Waals surface area contributed by atoms with Crippen LogP contribution in [0.25, 0.3) is 11.0 Å². The van der Waals surface area contributed by atoms with Gasteiger partial charge in [0, 0.05) is 49.1 Å². The molecule has 5 nitrogen and oxygen atoms in total. The van der Waals surface area contributed by atoms with Gasteiger partial charge in [-0.05, 0) is 40.8 Å². The van der Waals surface area contributed by atoms with Crippen LogP contribution in [0.1, 0.15) is 27.8 Å². The van der Waals surface area contributed by atoms with Crippen molar-refractivity contribution in [1.29, 1.82) is 0 Å². The Hall–Kier alpha value is -3.21. The van der Waals surface area contributed by atoms with Crippen molar-refractivity contribution in [3.8, 4) is 5.88 Å². The number of pyridine rings is 3. The molecule has 0 aliphatic carbocycles. The van der Waals surface area contributed by atoms with E-state index in [0.717, 1.165) is 40.7 Å². The lowest BCUT2D eigenvalue weighted by Gasteiger charge is -2.05. The zero-order valence-electron chi connectivity index (χ0n) is 14.8. The molecule has 0 fully saturated rings. The zero-order valence-corrected chi connectivity index (χ0v) is 14.8. The van der Waals surface area contributed by atoms with Crippen molar-refractivity contribution >= 4 is 11.0 Å². The highest BCUT2D eigenvalue weighted by Crippen LogP contribution is 2.21. The number of hydrogen-bond acceptors (Lipinski definition) is 4. The minimum absolute atomic E-state index is 0.618. The van der Waals surface area contributed by atoms with Crippen molar-refractivity contribution in [2.24, 2.45) is 0 Å². The fraction of sp³-hybridized carbons (Fsp3) is 0.190. The summed E-state index contributed by atoms with van der Waals surface area (Å²) < 4.78 is 5.10. The number of methoxy groups -OCH3 is 1. The summed E-state index contributed by atoms with van der Waals surface area (Å²) in [5, 5.41) is 1.17. The largest absolute Gasteiger partial charge is 0.481 e. The monoisotopic (exact) mass is 343 g/mol. The standard InChI is InChI=1S/C21H19N4O/c1-14-5-19-18(13-25-21(19)24-9-14)8-17-7-16(10-22-11-17)6-15-3-4-20(26-2)23-12-15/h3-5,7,9,11-13H,6,8H2,1-2H3,(H,24,25). The molecule has 0 aromatic carbocycles. The highest BCUT2D eigenvalue weighted by atomic mass is 16.5. The highest BCUT2D eigenvalue weighted by Gasteiger charge is 2.07. The maximum absolute atomic E-state index is 5.10. The summed E-state index contributed by atoms with van der Waals surface area (Å²) in [6.07, 6.45) is 12.2. The van der Waals surface area contributed by atoms with Gasteiger partial charge in [-0.1, -0.05) is 12.1 Å². The molecule has 0 aliphatic heterocycles. The first kappa shape index (κ1) is 16.3. The molecule has 4 aromatic heterocycles. The molecule has 129 valence electrons. The van der Waals surface area contributed by atoms with E-state index in [4.69, 9.17) is 4.74 Å². The first-order chi connectivity index (χ1) is 12.7. The number of hydrogen-bond donors (Lipinski definition) is 1. The van der Waals surface area contributed by atoms with Gasteiger partial charge in [0.2, 0.25) is 5.88 Å². The van der Waals surface area contributed by atoms with Crippen LogP contribution in [-0.4, -0.2) is 27.0 Å². The van der Waals surface area contributed by atoms with Gasteiger partial charge in [0.15, 0.2) is 0 Å². The summed E-state index contributed by atoms with van der Waals surface area (Å²) in [4.78, 5) is 16.2. The van der Waals surface area contributed by atoms with Gasteiger partial charge in [-0.25, -0.2) is 9.97 Å². The molecule has 0 saturated heterocycles. The van der Waals surface area contributed by atoms with Crippen LogP contribution in [0.2, 0.25) is 0 Å². The maximum atomic E-state index is 5.10. The van der Waals surface area contributed by atoms with Gasteiger partial charge in [-0.15, -0.1) is 0 Å². The molecule has 0 atom stereocenters. The number of ether oxygens (including phenoxy) is 1. The number of aromatic nitrogens is 4. The SMILES string of the molecule is COc1ccc(Cc2[c]ncc(Cc3c[nH]c4ncc(C)cc34)c2)cn1. The summed E-state index contributed by atoms with van der Waals surface area (Å²) in [7, 11) is 1.62. The highest BCUT2D eigenvalue weighted by molar-refractivity contribution is 5.80. The Labute approximate surface area is 152 Å². The number of nitrogens with one attached hydrogen (secondary N) is 1. The molecular weight excluding hydrogens is 324 g/mol. The van der Waals surface area contributed by atoms with Gasteiger partial charge >= 0.3 is 0 Å². The lowest BCUT2D eigenvalue weighted by Crippen LogP contribution is -1.96. The molecule has 0 unspecified atom stereocenters. The topological polar surface area (TPSA) is 63.7 Å². The van der Waals surface area contributed by atoms with E-state index in [1.165, 1.54) is 10.9 Å². The van der Waals surface area contributed by atoms with Gasteiger partial charge in [-0.3, -0.25) is 4.98 Å². The average Bonchev–Trinajstić information content (AvgIpc) is 3.05. The number of H-pyrrole nitrogens is 1. The summed E-state index contributed by atoms with van der Waals surface area (Å²) in [5.74, 6) is 0.618. The predicted molar refractivity (Wildman–Crippen MR) is 100 cm³/mol. The Bertz CT molecular complexity index is 1040. The smallest absolute Gasteiger partial charge is 0.212 e. The van der Waals surface area contributed by atoms with E-state index >= 15 is 0 Å². The third kappa shape index (κ3) is 3.42. The van der Waals surface area contributed by atoms with Crippen molar-refractivity contribution in [3.63, 3.8) is 0 Å². The molecule has 0 bridgehead atoms. The van der Waals surface area contributed by atoms with Crippen molar-refractivity contribution in [2.45, 2.75) is 19.8 Å². The van der Waals surface area contributed by atoms with Gasteiger partial charge in [0.25, 0.3) is 0 Å². The van der Waals surface area contributed by atoms with E-state index in [1.54, 1.807) is 7.11 Å². The number of aryl methyl sites for hydroxylation is 1. The zero-order chi connectivity index (χ0) is 17.9. The van der Waals surface area contributed by atoms with E-state index in [9.17, 15) is 0 Å². The van der Waals surface area contributed by atoms with E-state index < -0.39 is 0 Å². The molecule has 4 rings (SSSR count). The first-order valence-electron chi connectivity index (χ1n) is 8.48. The van der Waals surface area contributed by atoms with Gasteiger partial charge < -0.3 is 9.72 Å². The molecule has 4 aromatic rings. The van der Waals surface area contributed by atoms with Crippen LogP contribution in [0.3, 0.4) is 0 Å². The second kappa shape index (κ2) is 6.96. The van der Waals surface area contributed by atoms with Crippen LogP contribution in [-0.2, 0) is 12.8 Å². The van der Waals surface area contributed by atoms with Crippen molar-refractivity contribution in [3.05, 3.63) is 83.1 Å². The van der Waals surface area contributed by atoms with Crippen molar-refractivity contribution in [1.82, 2.24) is 19.9 Å². The number of nitrogens with zero attached hydrogens (tertiary/aromatic N) is 3. The molecule has 0 spiro atoms. The van der Waals surface area contributed by atoms with Gasteiger partial charge in [-0.2, -0.15) is 0 Å². The number of rotatable bonds is 5. The number of fused-ring (bicyclic) bond motifs is 1. The van der Waals surface area contributed by atoms with Crippen LogP contribution in [0, 0.1) is 13.1 Å². The Morgan fingerprint density at radius 1 is 1.04 bits per heavy atom. The Morgan fingerprint density at radius 3 is 2.77 bits per heavy atom. The fourth-order valence-corrected chi connectivity index (χ4v) is 3.06. The molecule has 1 radical (unpaired) electrons. The normalized spacial score (nSPS) is 11.0. The predicted octanol–water partition coefficient (Wildman–Crippen LogP) is 3.65. The van der Waals surface area contributed by atoms with Crippen molar-refractivity contribution < 1.29 is 4.74 Å². The fourth-order valence-electron chi connectivity index (χ4n) is 3.06. The molecule has 0 aliphatic rings. The summed E-state index contributed by atoms with van der Waals surface area (Å²) in [6.45, 7) is 2.06. The van der Waals surface area contributed by atoms with Crippen LogP contribution >= 0.6 is 0 Å². The lowest BCUT2D eigenvalue weighted by atomic mass is 10.0. The second-order valence-corrected chi connectivity index (χ2v) is 6.40. The van der Waals surface area contributed by atoms with Crippen LogP contribution in [0.4, 0.5) is 0 Å². The second-order valence-electron chi connectivity index (χ2n) is 6.40. The molecule has 4 heterocycles. The molecule has 0 amide bonds. The van der Waals surface area contributed by atoms with E-state index in [0.29, 0.717) is 5.88 Å². The van der Waals surface area contributed by atoms with E-state index in [2.05, 4.69) is 45.2 Å². The van der Waals surface area contributed by atoms with E-state index in [1.807, 2.05) is 36.9 Å². The minimum atomic E-state index is 0.618. The quantitative estimate of drug-likeness (QED) is 0.601. The minimum Gasteiger partial charge on any atom is -0.481 e. The van der Waals surface area contributed by atoms with E-state index in [-0.39, 0.29) is 0 Å². The van der Waals surface area contributed by atoms with Gasteiger partial charge in [0.05, 0.1) is 13.3 Å². The van der Waals surface area contributed by atoms with Crippen LogP contribution in [0.5, 0.6) is 5.88 Å². The molecule has 26 heavy (non-hydrogen) atoms. The summed E-state index contributed by atoms with van der Waals surface area (Å²) >= 11 is 0. The summed E-state index contributed by atoms with van der Waals surface area (Å²) in [5.41, 5.74) is 6.61. The third-order valence-electron chi connectivity index (χ3n) is 4.35. The van der Waals surface area contributed by atoms with Crippen LogP contribution < -0.4 is 4.74 Å². The Balaban J connectivity index is 1.55. The molecule has 1 N–H and O–H groups in total. The average molecular weight is 343 g/mol. The van der Waals surface area contributed by atoms with Crippen molar-refractivity contribution in [2.75, 3.05) is 7.11 Å². The maximum Gasteiger partial charge on any atom is 0.212 e. The number of aromatic amines is 1. The molecule has 0 saturated carbocycles. The third-order valence-corrected chi connectivity index (χ3v) is 4.35. The lowest BCUT2D eigenvalue weighted by molar-refractivity contribution is 0.397.